The lowest BCUT2D eigenvalue weighted by Gasteiger charge is -2.17. The van der Waals surface area contributed by atoms with Gasteiger partial charge in [0.1, 0.15) is 0 Å². The van der Waals surface area contributed by atoms with Gasteiger partial charge in [0.25, 0.3) is 11.8 Å². The van der Waals surface area contributed by atoms with Crippen LogP contribution >= 0.6 is 0 Å². The van der Waals surface area contributed by atoms with Crippen LogP contribution in [0.5, 0.6) is 0 Å². The highest BCUT2D eigenvalue weighted by molar-refractivity contribution is 6.35. The van der Waals surface area contributed by atoms with Crippen molar-refractivity contribution in [1.29, 1.82) is 0 Å². The van der Waals surface area contributed by atoms with Crippen LogP contribution in [0.1, 0.15) is 68.6 Å². The maximum atomic E-state index is 13.2. The zero-order valence-electron chi connectivity index (χ0n) is 23.1. The molecule has 0 fully saturated rings. The maximum absolute atomic E-state index is 13.2. The molecule has 0 aliphatic carbocycles. The fourth-order valence-electron chi connectivity index (χ4n) is 5.06. The number of rotatable bonds is 8. The van der Waals surface area contributed by atoms with Gasteiger partial charge in [-0.25, -0.2) is 0 Å². The Morgan fingerprint density at radius 3 is 2.34 bits per heavy atom. The zero-order chi connectivity index (χ0) is 29.1. The second-order valence-corrected chi connectivity index (χ2v) is 10.1. The van der Waals surface area contributed by atoms with E-state index in [4.69, 9.17) is 0 Å². The van der Waals surface area contributed by atoms with Gasteiger partial charge >= 0.3 is 0 Å². The van der Waals surface area contributed by atoms with Gasteiger partial charge in [-0.15, -0.1) is 0 Å². The molecule has 2 heterocycles. The number of nitrogens with one attached hydrogen (secondary N) is 3. The number of H-pyrrole nitrogens is 1. The van der Waals surface area contributed by atoms with Gasteiger partial charge in [-0.05, 0) is 67.6 Å². The highest BCUT2D eigenvalue weighted by Crippen LogP contribution is 2.35. The van der Waals surface area contributed by atoms with Crippen LogP contribution in [0.4, 0.5) is 5.69 Å². The number of aromatic nitrogens is 1. The van der Waals surface area contributed by atoms with Crippen molar-refractivity contribution in [2.45, 2.75) is 32.9 Å². The molecule has 0 saturated heterocycles. The number of hydrogen-bond donors (Lipinski definition) is 4. The number of carbonyl (C=O) groups excluding carboxylic acids is 2. The van der Waals surface area contributed by atoms with Crippen molar-refractivity contribution >= 4 is 35.0 Å². The Labute approximate surface area is 238 Å². The Morgan fingerprint density at radius 2 is 1.68 bits per heavy atom. The molecule has 0 saturated carbocycles. The molecule has 1 aliphatic rings. The highest BCUT2D eigenvalue weighted by atomic mass is 16.3. The lowest BCUT2D eigenvalue weighted by molar-refractivity contribution is -0.213. The number of anilines is 1. The normalized spacial score (nSPS) is 15.4. The van der Waals surface area contributed by atoms with E-state index in [0.717, 1.165) is 11.1 Å². The number of hydrogen-bond acceptors (Lipinski definition) is 5. The minimum atomic E-state index is -0.680. The third kappa shape index (κ3) is 5.69. The molecular weight excluding hydrogens is 516 g/mol. The van der Waals surface area contributed by atoms with Crippen molar-refractivity contribution in [3.8, 4) is 0 Å². The van der Waals surface area contributed by atoms with E-state index in [0.29, 0.717) is 44.9 Å². The monoisotopic (exact) mass is 547 g/mol. The van der Waals surface area contributed by atoms with Gasteiger partial charge in [-0.1, -0.05) is 60.7 Å². The molecular formula is C33H31N4O4-. The lowest BCUT2D eigenvalue weighted by atomic mass is 10.0. The fourth-order valence-corrected chi connectivity index (χ4v) is 5.06. The average Bonchev–Trinajstić information content (AvgIpc) is 3.45. The van der Waals surface area contributed by atoms with E-state index in [-0.39, 0.29) is 24.5 Å². The second kappa shape index (κ2) is 11.7. The summed E-state index contributed by atoms with van der Waals surface area (Å²) in [4.78, 5) is 33.5. The minimum absolute atomic E-state index is 0.190. The number of amides is 2. The third-order valence-corrected chi connectivity index (χ3v) is 7.32. The van der Waals surface area contributed by atoms with Crippen molar-refractivity contribution in [2.75, 3.05) is 11.9 Å². The minimum Gasteiger partial charge on any atom is -0.858 e. The Kier molecular flexibility index (Phi) is 7.85. The number of benzene rings is 3. The van der Waals surface area contributed by atoms with Gasteiger partial charge in [-0.2, -0.15) is 0 Å². The highest BCUT2D eigenvalue weighted by Gasteiger charge is 2.26. The van der Waals surface area contributed by atoms with Crippen LogP contribution in [0.2, 0.25) is 0 Å². The van der Waals surface area contributed by atoms with Gasteiger partial charge in [0.05, 0.1) is 24.3 Å². The number of aryl methyl sites for hydroxylation is 1. The predicted octanol–water partition coefficient (Wildman–Crippen LogP) is 4.46. The fraction of sp³-hybridized carbons (Fsp3) is 0.182. The number of carbonyl (C=O) groups is 2. The largest absolute Gasteiger partial charge is 0.858 e. The van der Waals surface area contributed by atoms with E-state index in [9.17, 15) is 19.8 Å². The van der Waals surface area contributed by atoms with E-state index >= 15 is 0 Å². The number of aliphatic imine (C=N–C) groups is 1. The summed E-state index contributed by atoms with van der Waals surface area (Å²) in [6.45, 7) is 5.18. The first-order valence-corrected chi connectivity index (χ1v) is 13.4. The molecule has 8 nitrogen and oxygen atoms in total. The van der Waals surface area contributed by atoms with Crippen molar-refractivity contribution in [3.63, 3.8) is 0 Å². The molecule has 4 aromatic rings. The van der Waals surface area contributed by atoms with Crippen molar-refractivity contribution < 1.29 is 19.8 Å². The zero-order valence-corrected chi connectivity index (χ0v) is 23.1. The molecule has 8 heteroatoms. The standard InChI is InChI=1S/C33H32N4O4/c1-19-28(34-21(3)30(19)33(41)37-29(18-38)23-12-8-5-9-13-23)17-26-25-16-24(14-15-27(25)36-32(26)40)31(39)35-20(2)22-10-6-4-7-11-22/h4-17,20,29,34,38H,18H2,1-3H3,(H,35,39)(H,36,40)(H,37,41)/p-1/b26-17-/t20-,29+/m1/s1. The molecule has 208 valence electrons. The lowest BCUT2D eigenvalue weighted by Crippen LogP contribution is -2.26. The topological polar surface area (TPSA) is 130 Å². The summed E-state index contributed by atoms with van der Waals surface area (Å²) in [5, 5.41) is 28.9. The SMILES string of the molecule is Cc1[nH]c(/C=C2\C(=O)Nc3ccc(C(=O)N[C@H](C)c4ccccc4)cc32)c(C)c1C([O-])=N[C@@H](CO)c1ccccc1. The first-order chi connectivity index (χ1) is 19.8. The summed E-state index contributed by atoms with van der Waals surface area (Å²) < 4.78 is 0. The molecule has 3 aromatic carbocycles. The molecule has 5 rings (SSSR count). The maximum Gasteiger partial charge on any atom is 0.256 e. The van der Waals surface area contributed by atoms with E-state index < -0.39 is 11.9 Å². The predicted molar refractivity (Wildman–Crippen MR) is 158 cm³/mol. The molecule has 0 radical (unpaired) electrons. The van der Waals surface area contributed by atoms with Crippen LogP contribution < -0.4 is 15.7 Å². The smallest absolute Gasteiger partial charge is 0.256 e. The van der Waals surface area contributed by atoms with Crippen molar-refractivity contribution in [3.05, 3.63) is 124 Å². The summed E-state index contributed by atoms with van der Waals surface area (Å²) in [6, 6.07) is 23.1. The van der Waals surface area contributed by atoms with E-state index in [1.807, 2.05) is 67.6 Å². The van der Waals surface area contributed by atoms with E-state index in [1.165, 1.54) is 0 Å². The first kappa shape index (κ1) is 27.6. The molecule has 1 aromatic heterocycles. The quantitative estimate of drug-likeness (QED) is 0.147. The summed E-state index contributed by atoms with van der Waals surface area (Å²) in [5.74, 6) is -1.00. The van der Waals surface area contributed by atoms with Gasteiger partial charge in [0, 0.05) is 33.8 Å². The third-order valence-electron chi connectivity index (χ3n) is 7.32. The van der Waals surface area contributed by atoms with Crippen LogP contribution in [0.25, 0.3) is 11.6 Å². The van der Waals surface area contributed by atoms with Crippen molar-refractivity contribution in [1.82, 2.24) is 10.3 Å². The Bertz CT molecular complexity index is 1660. The number of aliphatic hydroxyl groups is 1. The van der Waals surface area contributed by atoms with E-state index in [1.54, 1.807) is 38.1 Å². The Hall–Kier alpha value is -4.95. The Balaban J connectivity index is 1.44. The average molecular weight is 548 g/mol. The van der Waals surface area contributed by atoms with E-state index in [2.05, 4.69) is 20.6 Å². The molecule has 0 bridgehead atoms. The van der Waals surface area contributed by atoms with Crippen molar-refractivity contribution in [2.24, 2.45) is 4.99 Å². The van der Waals surface area contributed by atoms with Gasteiger partial charge in [0.15, 0.2) is 0 Å². The molecule has 1 aliphatic heterocycles. The van der Waals surface area contributed by atoms with Crippen LogP contribution in [0.3, 0.4) is 0 Å². The number of aromatic amines is 1. The Morgan fingerprint density at radius 1 is 1.02 bits per heavy atom. The molecule has 41 heavy (non-hydrogen) atoms. The first-order valence-electron chi connectivity index (χ1n) is 13.4. The second-order valence-electron chi connectivity index (χ2n) is 10.1. The molecule has 0 spiro atoms. The molecule has 4 N–H and O–H groups in total. The van der Waals surface area contributed by atoms with Crippen LogP contribution in [0, 0.1) is 13.8 Å². The van der Waals surface area contributed by atoms with Gasteiger partial charge in [-0.3, -0.25) is 14.6 Å². The van der Waals surface area contributed by atoms with Gasteiger partial charge in [0.2, 0.25) is 0 Å². The molecule has 2 amide bonds. The summed E-state index contributed by atoms with van der Waals surface area (Å²) in [5.41, 5.74) is 5.98. The van der Waals surface area contributed by atoms with Crippen LogP contribution in [0.15, 0.2) is 83.9 Å². The summed E-state index contributed by atoms with van der Waals surface area (Å²) in [6.07, 6.45) is 1.69. The molecule has 0 unspecified atom stereocenters. The molecule has 2 atom stereocenters. The summed E-state index contributed by atoms with van der Waals surface area (Å²) in [7, 11) is 0. The number of nitrogens with zero attached hydrogens (tertiary/aromatic N) is 1. The summed E-state index contributed by atoms with van der Waals surface area (Å²) >= 11 is 0. The van der Waals surface area contributed by atoms with Gasteiger partial charge < -0.3 is 25.8 Å². The number of aliphatic hydroxyl groups excluding tert-OH is 1. The van der Waals surface area contributed by atoms with Crippen LogP contribution in [-0.4, -0.2) is 34.4 Å². The van der Waals surface area contributed by atoms with Crippen LogP contribution in [-0.2, 0) is 4.79 Å². The number of fused-ring (bicyclic) bond motifs is 1.